The molecule has 183 valence electrons. The summed E-state index contributed by atoms with van der Waals surface area (Å²) in [5, 5.41) is -1.00. The van der Waals surface area contributed by atoms with Gasteiger partial charge >= 0.3 is 0 Å². The molecular weight excluding hydrogens is 463 g/mol. The number of halogens is 1. The van der Waals surface area contributed by atoms with E-state index in [-0.39, 0.29) is 11.5 Å². The fourth-order valence-electron chi connectivity index (χ4n) is 4.57. The van der Waals surface area contributed by atoms with Crippen LogP contribution in [0.3, 0.4) is 0 Å². The first kappa shape index (κ1) is 25.1. The molecule has 0 unspecified atom stereocenters. The average molecular weight is 494 g/mol. The maximum absolute atomic E-state index is 14.3. The number of nitrogens with zero attached hydrogens (tertiary/aromatic N) is 2. The SMILES string of the molecule is C[C](C1=NS(=O)(=O)[C@@H](c2ccc(-c3ccccc3CN(C)C)cc2)C(C)(C)O1)c1ccccc1F. The monoisotopic (exact) mass is 493 g/mol. The van der Waals surface area contributed by atoms with Crippen LogP contribution in [0.5, 0.6) is 0 Å². The molecule has 1 aliphatic heterocycles. The van der Waals surface area contributed by atoms with Crippen LogP contribution in [-0.4, -0.2) is 38.9 Å². The lowest BCUT2D eigenvalue weighted by Gasteiger charge is -2.38. The molecule has 1 aliphatic rings. The molecule has 0 saturated carbocycles. The largest absolute Gasteiger partial charge is 0.472 e. The third kappa shape index (κ3) is 5.16. The van der Waals surface area contributed by atoms with Crippen molar-refractivity contribution in [2.24, 2.45) is 4.40 Å². The first-order valence-electron chi connectivity index (χ1n) is 11.4. The molecule has 0 fully saturated rings. The van der Waals surface area contributed by atoms with Gasteiger partial charge in [0.25, 0.3) is 10.0 Å². The van der Waals surface area contributed by atoms with Crippen LogP contribution < -0.4 is 0 Å². The predicted molar refractivity (Wildman–Crippen MR) is 138 cm³/mol. The van der Waals surface area contributed by atoms with Crippen molar-refractivity contribution < 1.29 is 17.5 Å². The van der Waals surface area contributed by atoms with Gasteiger partial charge in [0.2, 0.25) is 5.90 Å². The quantitative estimate of drug-likeness (QED) is 0.437. The summed E-state index contributed by atoms with van der Waals surface area (Å²) in [5.41, 5.74) is 3.03. The molecule has 0 bridgehead atoms. The molecule has 3 aromatic carbocycles. The van der Waals surface area contributed by atoms with Crippen LogP contribution in [0.1, 0.15) is 42.7 Å². The van der Waals surface area contributed by atoms with E-state index in [2.05, 4.69) is 21.4 Å². The molecule has 0 aromatic heterocycles. The van der Waals surface area contributed by atoms with E-state index in [0.29, 0.717) is 11.5 Å². The van der Waals surface area contributed by atoms with Gasteiger partial charge < -0.3 is 9.64 Å². The Morgan fingerprint density at radius 3 is 2.26 bits per heavy atom. The van der Waals surface area contributed by atoms with E-state index >= 15 is 0 Å². The van der Waals surface area contributed by atoms with Crippen LogP contribution in [0, 0.1) is 11.7 Å². The number of benzene rings is 3. The van der Waals surface area contributed by atoms with Crippen molar-refractivity contribution in [3.63, 3.8) is 0 Å². The second-order valence-electron chi connectivity index (χ2n) is 9.62. The topological polar surface area (TPSA) is 59.0 Å². The molecule has 5 nitrogen and oxygen atoms in total. The third-order valence-electron chi connectivity index (χ3n) is 6.13. The van der Waals surface area contributed by atoms with Crippen molar-refractivity contribution in [2.45, 2.75) is 38.2 Å². The highest BCUT2D eigenvalue weighted by molar-refractivity contribution is 7.90. The molecule has 0 aliphatic carbocycles. The number of rotatable bonds is 6. The zero-order valence-electron chi connectivity index (χ0n) is 20.6. The minimum atomic E-state index is -3.99. The molecule has 1 radical (unpaired) electrons. The fourth-order valence-corrected chi connectivity index (χ4v) is 6.34. The lowest BCUT2D eigenvalue weighted by atomic mass is 9.93. The van der Waals surface area contributed by atoms with Gasteiger partial charge in [0.1, 0.15) is 16.7 Å². The van der Waals surface area contributed by atoms with E-state index in [1.165, 1.54) is 11.6 Å². The van der Waals surface area contributed by atoms with E-state index in [0.717, 1.165) is 17.7 Å². The second kappa shape index (κ2) is 9.55. The molecule has 0 amide bonds. The highest BCUT2D eigenvalue weighted by Crippen LogP contribution is 2.42. The summed E-state index contributed by atoms with van der Waals surface area (Å²) < 4.78 is 51.1. The average Bonchev–Trinajstić information content (AvgIpc) is 2.78. The van der Waals surface area contributed by atoms with E-state index in [1.807, 2.05) is 50.5 Å². The normalized spacial score (nSPS) is 18.9. The summed E-state index contributed by atoms with van der Waals surface area (Å²) >= 11 is 0. The van der Waals surface area contributed by atoms with Gasteiger partial charge in [0.05, 0.1) is 5.92 Å². The van der Waals surface area contributed by atoms with E-state index in [4.69, 9.17) is 4.74 Å². The Labute approximate surface area is 207 Å². The number of hydrogen-bond donors (Lipinski definition) is 0. The number of ether oxygens (including phenoxy) is 1. The Bertz CT molecular complexity index is 1350. The van der Waals surface area contributed by atoms with Gasteiger partial charge in [-0.05, 0) is 63.2 Å². The third-order valence-corrected chi connectivity index (χ3v) is 7.98. The van der Waals surface area contributed by atoms with Gasteiger partial charge in [-0.3, -0.25) is 0 Å². The Morgan fingerprint density at radius 2 is 1.63 bits per heavy atom. The van der Waals surface area contributed by atoms with Gasteiger partial charge in [-0.15, -0.1) is 4.40 Å². The molecule has 1 heterocycles. The van der Waals surface area contributed by atoms with E-state index in [1.54, 1.807) is 39.0 Å². The standard InChI is InChI=1S/C28H30FN2O3S/c1-19(23-11-8-9-13-25(23)29)27-30-35(32,33)26(28(2,3)34-27)21-16-14-20(15-17-21)24-12-7-6-10-22(24)18-31(4)5/h6-17,26H,18H2,1-5H3/t26-/m0/s1. The van der Waals surface area contributed by atoms with Crippen LogP contribution in [0.25, 0.3) is 11.1 Å². The summed E-state index contributed by atoms with van der Waals surface area (Å²) in [6.07, 6.45) is 0. The van der Waals surface area contributed by atoms with Crippen molar-refractivity contribution in [1.29, 1.82) is 0 Å². The molecule has 0 N–H and O–H groups in total. The summed E-state index contributed by atoms with van der Waals surface area (Å²) in [7, 11) is 0.0598. The summed E-state index contributed by atoms with van der Waals surface area (Å²) in [6, 6.07) is 21.9. The minimum Gasteiger partial charge on any atom is -0.472 e. The zero-order chi connectivity index (χ0) is 25.4. The van der Waals surface area contributed by atoms with Crippen LogP contribution in [-0.2, 0) is 21.3 Å². The molecule has 4 rings (SSSR count). The van der Waals surface area contributed by atoms with Crippen LogP contribution in [0.2, 0.25) is 0 Å². The van der Waals surface area contributed by atoms with Crippen molar-refractivity contribution in [3.05, 3.63) is 101 Å². The van der Waals surface area contributed by atoms with Crippen molar-refractivity contribution in [2.75, 3.05) is 14.1 Å². The van der Waals surface area contributed by atoms with Gasteiger partial charge in [-0.2, -0.15) is 0 Å². The minimum absolute atomic E-state index is 0.0782. The Balaban J connectivity index is 1.68. The summed E-state index contributed by atoms with van der Waals surface area (Å²) in [5.74, 6) is -0.199. The Morgan fingerprint density at radius 1 is 1.00 bits per heavy atom. The molecule has 1 atom stereocenters. The molecule has 7 heteroatoms. The van der Waals surface area contributed by atoms with Crippen molar-refractivity contribution in [1.82, 2.24) is 4.90 Å². The van der Waals surface area contributed by atoms with Gasteiger partial charge in [-0.25, -0.2) is 12.8 Å². The van der Waals surface area contributed by atoms with Gasteiger partial charge in [-0.1, -0.05) is 66.7 Å². The zero-order valence-corrected chi connectivity index (χ0v) is 21.4. The summed E-state index contributed by atoms with van der Waals surface area (Å²) in [6.45, 7) is 5.85. The van der Waals surface area contributed by atoms with Crippen LogP contribution in [0.15, 0.2) is 77.2 Å². The number of sulfonamides is 1. The number of hydrogen-bond acceptors (Lipinski definition) is 4. The second-order valence-corrected chi connectivity index (χ2v) is 11.3. The highest BCUT2D eigenvalue weighted by atomic mass is 32.2. The van der Waals surface area contributed by atoms with Gasteiger partial charge in [0.15, 0.2) is 0 Å². The molecule has 0 saturated heterocycles. The van der Waals surface area contributed by atoms with E-state index in [9.17, 15) is 12.8 Å². The maximum Gasteiger partial charge on any atom is 0.267 e. The lowest BCUT2D eigenvalue weighted by Crippen LogP contribution is -2.44. The maximum atomic E-state index is 14.3. The highest BCUT2D eigenvalue weighted by Gasteiger charge is 2.48. The van der Waals surface area contributed by atoms with Crippen molar-refractivity contribution in [3.8, 4) is 11.1 Å². The van der Waals surface area contributed by atoms with Crippen molar-refractivity contribution >= 4 is 15.9 Å². The first-order chi connectivity index (χ1) is 16.5. The lowest BCUT2D eigenvalue weighted by molar-refractivity contribution is 0.0837. The smallest absolute Gasteiger partial charge is 0.267 e. The molecule has 3 aromatic rings. The molecular formula is C28H30FN2O3S. The molecule has 35 heavy (non-hydrogen) atoms. The fraction of sp³-hybridized carbons (Fsp3) is 0.286. The Hall–Kier alpha value is -3.03. The first-order valence-corrected chi connectivity index (χ1v) is 12.9. The van der Waals surface area contributed by atoms with E-state index < -0.39 is 26.7 Å². The predicted octanol–water partition coefficient (Wildman–Crippen LogP) is 5.78. The molecule has 0 spiro atoms. The van der Waals surface area contributed by atoms with Crippen LogP contribution >= 0.6 is 0 Å². The van der Waals surface area contributed by atoms with Gasteiger partial charge in [0, 0.05) is 12.1 Å². The van der Waals surface area contributed by atoms with Crippen LogP contribution in [0.4, 0.5) is 4.39 Å². The summed E-state index contributed by atoms with van der Waals surface area (Å²) in [4.78, 5) is 2.11. The Kier molecular flexibility index (Phi) is 6.84.